The molecule has 0 radical (unpaired) electrons. The zero-order chi connectivity index (χ0) is 15.3. The molecule has 0 aromatic heterocycles. The number of hydrogen-bond donors (Lipinski definition) is 2. The molecule has 1 rings (SSSR count). The second kappa shape index (κ2) is 7.02. The minimum Gasteiger partial charge on any atom is -0.393 e. The van der Waals surface area contributed by atoms with Gasteiger partial charge >= 0.3 is 0 Å². The Labute approximate surface area is 124 Å². The summed E-state index contributed by atoms with van der Waals surface area (Å²) >= 11 is 5.77. The highest BCUT2D eigenvalue weighted by Crippen LogP contribution is 2.25. The lowest BCUT2D eigenvalue weighted by atomic mass is 9.87. The predicted octanol–water partition coefficient (Wildman–Crippen LogP) is 3.13. The van der Waals surface area contributed by atoms with Crippen LogP contribution in [-0.2, 0) is 6.54 Å². The summed E-state index contributed by atoms with van der Waals surface area (Å²) in [5.41, 5.74) is 0.704. The molecule has 0 aliphatic heterocycles. The predicted molar refractivity (Wildman–Crippen MR) is 79.9 cm³/mol. The fourth-order valence-electron chi connectivity index (χ4n) is 2.23. The molecule has 112 valence electrons. The maximum Gasteiger partial charge on any atom is 0.288 e. The van der Waals surface area contributed by atoms with Gasteiger partial charge in [0.05, 0.1) is 11.0 Å². The maximum absolute atomic E-state index is 10.8. The van der Waals surface area contributed by atoms with Crippen molar-refractivity contribution in [2.24, 2.45) is 5.41 Å². The van der Waals surface area contributed by atoms with Gasteiger partial charge in [0.1, 0.15) is 5.02 Å². The molecule has 6 heteroatoms. The van der Waals surface area contributed by atoms with E-state index in [2.05, 4.69) is 19.2 Å². The van der Waals surface area contributed by atoms with Crippen LogP contribution >= 0.6 is 11.6 Å². The Bertz CT molecular complexity index is 475. The summed E-state index contributed by atoms with van der Waals surface area (Å²) < 4.78 is 0. The van der Waals surface area contributed by atoms with Crippen molar-refractivity contribution in [2.45, 2.75) is 39.8 Å². The van der Waals surface area contributed by atoms with Crippen LogP contribution in [0, 0.1) is 15.5 Å². The molecule has 0 aliphatic carbocycles. The number of nitrogens with zero attached hydrogens (tertiary/aromatic N) is 1. The van der Waals surface area contributed by atoms with Gasteiger partial charge < -0.3 is 10.4 Å². The van der Waals surface area contributed by atoms with Crippen LogP contribution in [-0.4, -0.2) is 22.7 Å². The number of rotatable bonds is 7. The van der Waals surface area contributed by atoms with Crippen molar-refractivity contribution in [3.05, 3.63) is 38.9 Å². The van der Waals surface area contributed by atoms with E-state index in [0.717, 1.165) is 5.56 Å². The Morgan fingerprint density at radius 1 is 1.50 bits per heavy atom. The number of aliphatic hydroxyl groups excluding tert-OH is 1. The molecule has 1 aromatic rings. The van der Waals surface area contributed by atoms with E-state index in [-0.39, 0.29) is 22.2 Å². The maximum atomic E-state index is 10.8. The molecule has 0 saturated heterocycles. The molecule has 0 amide bonds. The molecule has 0 fully saturated rings. The van der Waals surface area contributed by atoms with E-state index in [1.54, 1.807) is 13.0 Å². The van der Waals surface area contributed by atoms with Crippen molar-refractivity contribution in [2.75, 3.05) is 6.54 Å². The SMILES string of the molecule is CC(O)CC(C)(C)CNCc1ccc(Cl)c([N+](=O)[O-])c1. The summed E-state index contributed by atoms with van der Waals surface area (Å²) in [6.45, 7) is 7.15. The summed E-state index contributed by atoms with van der Waals surface area (Å²) in [5, 5.41) is 23.6. The standard InChI is InChI=1S/C14H21ClN2O3/c1-10(18)7-14(2,3)9-16-8-11-4-5-12(15)13(6-11)17(19)20/h4-6,10,16,18H,7-9H2,1-3H3. The van der Waals surface area contributed by atoms with E-state index in [1.165, 1.54) is 12.1 Å². The molecular formula is C14H21ClN2O3. The Hall–Kier alpha value is -1.17. The summed E-state index contributed by atoms with van der Waals surface area (Å²) in [4.78, 5) is 10.3. The highest BCUT2D eigenvalue weighted by Gasteiger charge is 2.20. The van der Waals surface area contributed by atoms with E-state index in [0.29, 0.717) is 19.5 Å². The first kappa shape index (κ1) is 16.9. The normalized spacial score (nSPS) is 13.2. The fraction of sp³-hybridized carbons (Fsp3) is 0.571. The van der Waals surface area contributed by atoms with Crippen molar-refractivity contribution in [1.82, 2.24) is 5.32 Å². The third-order valence-electron chi connectivity index (χ3n) is 2.99. The van der Waals surface area contributed by atoms with Gasteiger partial charge in [0.2, 0.25) is 0 Å². The Morgan fingerprint density at radius 2 is 2.15 bits per heavy atom. The molecule has 5 nitrogen and oxygen atoms in total. The summed E-state index contributed by atoms with van der Waals surface area (Å²) in [7, 11) is 0. The average Bonchev–Trinajstić information content (AvgIpc) is 2.28. The number of aliphatic hydroxyl groups is 1. The van der Waals surface area contributed by atoms with Crippen LogP contribution in [0.25, 0.3) is 0 Å². The van der Waals surface area contributed by atoms with Gasteiger partial charge in [0.15, 0.2) is 0 Å². The number of halogens is 1. The summed E-state index contributed by atoms with van der Waals surface area (Å²) in [5.74, 6) is 0. The molecule has 1 aromatic carbocycles. The van der Waals surface area contributed by atoms with E-state index < -0.39 is 4.92 Å². The Kier molecular flexibility index (Phi) is 5.92. The average molecular weight is 301 g/mol. The largest absolute Gasteiger partial charge is 0.393 e. The van der Waals surface area contributed by atoms with Gasteiger partial charge in [-0.15, -0.1) is 0 Å². The van der Waals surface area contributed by atoms with Crippen LogP contribution < -0.4 is 5.32 Å². The van der Waals surface area contributed by atoms with Gasteiger partial charge in [-0.3, -0.25) is 10.1 Å². The van der Waals surface area contributed by atoms with Gasteiger partial charge in [-0.2, -0.15) is 0 Å². The van der Waals surface area contributed by atoms with E-state index >= 15 is 0 Å². The van der Waals surface area contributed by atoms with Crippen molar-refractivity contribution < 1.29 is 10.0 Å². The van der Waals surface area contributed by atoms with E-state index in [9.17, 15) is 15.2 Å². The van der Waals surface area contributed by atoms with Gasteiger partial charge in [-0.05, 0) is 30.4 Å². The van der Waals surface area contributed by atoms with Gasteiger partial charge in [0, 0.05) is 19.2 Å². The Balaban J connectivity index is 2.58. The molecule has 0 saturated carbocycles. The lowest BCUT2D eigenvalue weighted by Crippen LogP contribution is -2.31. The van der Waals surface area contributed by atoms with Crippen LogP contribution in [0.2, 0.25) is 5.02 Å². The highest BCUT2D eigenvalue weighted by molar-refractivity contribution is 6.32. The molecule has 0 aliphatic rings. The second-order valence-corrected chi connectivity index (χ2v) is 6.27. The van der Waals surface area contributed by atoms with Crippen molar-refractivity contribution in [3.8, 4) is 0 Å². The minimum atomic E-state index is -0.483. The van der Waals surface area contributed by atoms with E-state index in [1.807, 2.05) is 0 Å². The fourth-order valence-corrected chi connectivity index (χ4v) is 2.41. The molecule has 1 unspecified atom stereocenters. The first-order valence-corrected chi connectivity index (χ1v) is 6.91. The van der Waals surface area contributed by atoms with Crippen LogP contribution in [0.15, 0.2) is 18.2 Å². The third kappa shape index (κ3) is 5.45. The van der Waals surface area contributed by atoms with Crippen molar-refractivity contribution in [1.29, 1.82) is 0 Å². The second-order valence-electron chi connectivity index (χ2n) is 5.86. The molecule has 20 heavy (non-hydrogen) atoms. The first-order valence-electron chi connectivity index (χ1n) is 6.53. The smallest absolute Gasteiger partial charge is 0.288 e. The van der Waals surface area contributed by atoms with E-state index in [4.69, 9.17) is 11.6 Å². The molecule has 1 atom stereocenters. The molecule has 0 spiro atoms. The van der Waals surface area contributed by atoms with Crippen LogP contribution in [0.5, 0.6) is 0 Å². The van der Waals surface area contributed by atoms with Gasteiger partial charge in [-0.1, -0.05) is 31.5 Å². The zero-order valence-corrected chi connectivity index (χ0v) is 12.8. The van der Waals surface area contributed by atoms with Crippen LogP contribution in [0.4, 0.5) is 5.69 Å². The Morgan fingerprint density at radius 3 is 2.70 bits per heavy atom. The number of nitro benzene ring substituents is 1. The highest BCUT2D eigenvalue weighted by atomic mass is 35.5. The molecule has 0 bridgehead atoms. The quantitative estimate of drug-likeness (QED) is 0.599. The van der Waals surface area contributed by atoms with Gasteiger partial charge in [-0.25, -0.2) is 0 Å². The lowest BCUT2D eigenvalue weighted by molar-refractivity contribution is -0.384. The first-order chi connectivity index (χ1) is 9.21. The zero-order valence-electron chi connectivity index (χ0n) is 12.0. The summed E-state index contributed by atoms with van der Waals surface area (Å²) in [6, 6.07) is 4.79. The number of nitrogens with one attached hydrogen (secondary N) is 1. The van der Waals surface area contributed by atoms with Crippen LogP contribution in [0.3, 0.4) is 0 Å². The topological polar surface area (TPSA) is 75.4 Å². The molecule has 2 N–H and O–H groups in total. The van der Waals surface area contributed by atoms with Crippen LogP contribution in [0.1, 0.15) is 32.8 Å². The number of hydrogen-bond acceptors (Lipinski definition) is 4. The summed E-state index contributed by atoms with van der Waals surface area (Å²) in [6.07, 6.45) is 0.351. The van der Waals surface area contributed by atoms with Gasteiger partial charge in [0.25, 0.3) is 5.69 Å². The molecule has 0 heterocycles. The molecular weight excluding hydrogens is 280 g/mol. The lowest BCUT2D eigenvalue weighted by Gasteiger charge is -2.26. The monoisotopic (exact) mass is 300 g/mol. The van der Waals surface area contributed by atoms with Crippen molar-refractivity contribution in [3.63, 3.8) is 0 Å². The number of nitro groups is 1. The van der Waals surface area contributed by atoms with Crippen molar-refractivity contribution >= 4 is 17.3 Å². The minimum absolute atomic E-state index is 0.0352. The third-order valence-corrected chi connectivity index (χ3v) is 3.31. The number of benzene rings is 1.